The molecular formula is C13H24N2O3. The lowest BCUT2D eigenvalue weighted by atomic mass is 9.91. The van der Waals surface area contributed by atoms with E-state index in [2.05, 4.69) is 10.6 Å². The Hall–Kier alpha value is -0.650. The molecule has 0 aromatic carbocycles. The van der Waals surface area contributed by atoms with Crippen molar-refractivity contribution in [2.45, 2.75) is 31.7 Å². The van der Waals surface area contributed by atoms with Crippen LogP contribution in [0.25, 0.3) is 0 Å². The summed E-state index contributed by atoms with van der Waals surface area (Å²) in [6.45, 7) is 2.60. The summed E-state index contributed by atoms with van der Waals surface area (Å²) >= 11 is 0. The quantitative estimate of drug-likeness (QED) is 0.620. The Morgan fingerprint density at radius 1 is 1.56 bits per heavy atom. The smallest absolute Gasteiger partial charge is 0.223 e. The molecule has 2 fully saturated rings. The molecule has 0 aromatic rings. The van der Waals surface area contributed by atoms with E-state index in [4.69, 9.17) is 9.84 Å². The first-order chi connectivity index (χ1) is 8.72. The maximum atomic E-state index is 12.2. The van der Waals surface area contributed by atoms with Crippen LogP contribution in [-0.4, -0.2) is 50.5 Å². The number of piperidine rings is 1. The molecule has 1 saturated heterocycles. The van der Waals surface area contributed by atoms with Crippen molar-refractivity contribution in [1.82, 2.24) is 10.6 Å². The van der Waals surface area contributed by atoms with E-state index in [1.54, 1.807) is 7.11 Å². The molecule has 1 saturated carbocycles. The molecule has 104 valence electrons. The maximum Gasteiger partial charge on any atom is 0.223 e. The highest BCUT2D eigenvalue weighted by Crippen LogP contribution is 2.58. The molecule has 1 heterocycles. The monoisotopic (exact) mass is 256 g/mol. The number of aliphatic hydroxyl groups excluding tert-OH is 1. The van der Waals surface area contributed by atoms with Gasteiger partial charge in [0.15, 0.2) is 0 Å². The molecule has 18 heavy (non-hydrogen) atoms. The molecule has 2 unspecified atom stereocenters. The van der Waals surface area contributed by atoms with Crippen molar-refractivity contribution in [3.63, 3.8) is 0 Å². The largest absolute Gasteiger partial charge is 0.396 e. The summed E-state index contributed by atoms with van der Waals surface area (Å²) in [6, 6.07) is -0.0631. The van der Waals surface area contributed by atoms with E-state index in [-0.39, 0.29) is 29.9 Å². The summed E-state index contributed by atoms with van der Waals surface area (Å²) in [5.74, 6) is 0.324. The molecule has 0 radical (unpaired) electrons. The summed E-state index contributed by atoms with van der Waals surface area (Å²) in [5, 5.41) is 15.3. The molecule has 2 rings (SSSR count). The Morgan fingerprint density at radius 3 is 2.89 bits per heavy atom. The van der Waals surface area contributed by atoms with Crippen molar-refractivity contribution in [3.05, 3.63) is 0 Å². The Labute approximate surface area is 108 Å². The summed E-state index contributed by atoms with van der Waals surface area (Å²) in [7, 11) is 1.61. The van der Waals surface area contributed by atoms with Gasteiger partial charge in [0.05, 0.1) is 12.6 Å². The molecule has 1 aliphatic heterocycles. The second-order valence-electron chi connectivity index (χ2n) is 5.54. The van der Waals surface area contributed by atoms with Gasteiger partial charge in [-0.3, -0.25) is 4.79 Å². The summed E-state index contributed by atoms with van der Waals surface area (Å²) < 4.78 is 5.06. The number of aliphatic hydroxyl groups is 1. The minimum Gasteiger partial charge on any atom is -0.396 e. The van der Waals surface area contributed by atoms with Crippen molar-refractivity contribution in [3.8, 4) is 0 Å². The molecule has 2 aliphatic rings. The fraction of sp³-hybridized carbons (Fsp3) is 0.923. The van der Waals surface area contributed by atoms with Gasteiger partial charge in [0, 0.05) is 19.6 Å². The summed E-state index contributed by atoms with van der Waals surface area (Å²) in [4.78, 5) is 12.2. The third-order valence-corrected chi connectivity index (χ3v) is 4.30. The topological polar surface area (TPSA) is 70.6 Å². The third-order valence-electron chi connectivity index (χ3n) is 4.30. The number of rotatable bonds is 6. The number of hydrogen-bond acceptors (Lipinski definition) is 4. The molecule has 2 atom stereocenters. The first kappa shape index (κ1) is 13.8. The zero-order valence-corrected chi connectivity index (χ0v) is 11.1. The van der Waals surface area contributed by atoms with Crippen molar-refractivity contribution in [2.24, 2.45) is 11.3 Å². The van der Waals surface area contributed by atoms with Crippen LogP contribution >= 0.6 is 0 Å². The number of ether oxygens (including phenoxy) is 1. The fourth-order valence-electron chi connectivity index (χ4n) is 3.05. The van der Waals surface area contributed by atoms with Crippen LogP contribution < -0.4 is 10.6 Å². The van der Waals surface area contributed by atoms with Crippen molar-refractivity contribution >= 4 is 5.91 Å². The van der Waals surface area contributed by atoms with Gasteiger partial charge in [-0.15, -0.1) is 0 Å². The van der Waals surface area contributed by atoms with Gasteiger partial charge in [-0.05, 0) is 44.2 Å². The van der Waals surface area contributed by atoms with E-state index in [9.17, 15) is 4.79 Å². The van der Waals surface area contributed by atoms with Gasteiger partial charge in [0.2, 0.25) is 5.91 Å². The van der Waals surface area contributed by atoms with E-state index in [0.717, 1.165) is 32.4 Å². The molecule has 1 amide bonds. The first-order valence-corrected chi connectivity index (χ1v) is 6.83. The van der Waals surface area contributed by atoms with Crippen LogP contribution in [0.2, 0.25) is 0 Å². The Bertz CT molecular complexity index is 284. The molecule has 0 bridgehead atoms. The van der Waals surface area contributed by atoms with Gasteiger partial charge < -0.3 is 20.5 Å². The van der Waals surface area contributed by atoms with Crippen molar-refractivity contribution in [2.75, 3.05) is 33.4 Å². The van der Waals surface area contributed by atoms with Gasteiger partial charge in [-0.1, -0.05) is 0 Å². The van der Waals surface area contributed by atoms with E-state index >= 15 is 0 Å². The van der Waals surface area contributed by atoms with Gasteiger partial charge in [0.1, 0.15) is 0 Å². The number of carbonyl (C=O) groups is 1. The highest BCUT2D eigenvalue weighted by molar-refractivity contribution is 5.82. The molecule has 1 spiro atoms. The zero-order chi connectivity index (χ0) is 13.0. The predicted molar refractivity (Wildman–Crippen MR) is 68.2 cm³/mol. The van der Waals surface area contributed by atoms with Gasteiger partial charge in [-0.2, -0.15) is 0 Å². The number of nitrogens with one attached hydrogen (secondary N) is 2. The Balaban J connectivity index is 1.81. The minimum absolute atomic E-state index is 0.0631. The van der Waals surface area contributed by atoms with Crippen molar-refractivity contribution in [1.29, 1.82) is 0 Å². The standard InChI is InChI=1S/C13H24N2O3/c1-18-9-10(2-7-16)15-12(17)11-8-13(11)3-5-14-6-4-13/h10-11,14,16H,2-9H2,1H3,(H,15,17). The second-order valence-corrected chi connectivity index (χ2v) is 5.54. The number of amides is 1. The summed E-state index contributed by atoms with van der Waals surface area (Å²) in [6.07, 6.45) is 3.81. The van der Waals surface area contributed by atoms with Crippen LogP contribution in [0, 0.1) is 11.3 Å². The number of methoxy groups -OCH3 is 1. The highest BCUT2D eigenvalue weighted by Gasteiger charge is 2.57. The normalized spacial score (nSPS) is 26.9. The van der Waals surface area contributed by atoms with Crippen LogP contribution in [0.4, 0.5) is 0 Å². The fourth-order valence-corrected chi connectivity index (χ4v) is 3.05. The van der Waals surface area contributed by atoms with Gasteiger partial charge in [0.25, 0.3) is 0 Å². The van der Waals surface area contributed by atoms with E-state index < -0.39 is 0 Å². The van der Waals surface area contributed by atoms with Crippen LogP contribution in [-0.2, 0) is 9.53 Å². The minimum atomic E-state index is -0.0631. The molecule has 0 aromatic heterocycles. The third kappa shape index (κ3) is 3.02. The maximum absolute atomic E-state index is 12.2. The van der Waals surface area contributed by atoms with E-state index in [0.29, 0.717) is 13.0 Å². The number of hydrogen-bond donors (Lipinski definition) is 3. The second kappa shape index (κ2) is 5.99. The molecule has 1 aliphatic carbocycles. The van der Waals surface area contributed by atoms with E-state index in [1.807, 2.05) is 0 Å². The van der Waals surface area contributed by atoms with E-state index in [1.165, 1.54) is 0 Å². The van der Waals surface area contributed by atoms with Gasteiger partial charge in [-0.25, -0.2) is 0 Å². The lowest BCUT2D eigenvalue weighted by Gasteiger charge is -2.24. The molecule has 5 heteroatoms. The average Bonchev–Trinajstić information content (AvgIpc) is 3.04. The molecule has 5 nitrogen and oxygen atoms in total. The zero-order valence-electron chi connectivity index (χ0n) is 11.1. The summed E-state index contributed by atoms with van der Waals surface area (Å²) in [5.41, 5.74) is 0.270. The van der Waals surface area contributed by atoms with Crippen LogP contribution in [0.5, 0.6) is 0 Å². The molecule has 3 N–H and O–H groups in total. The van der Waals surface area contributed by atoms with Crippen molar-refractivity contribution < 1.29 is 14.6 Å². The Kier molecular flexibility index (Phi) is 4.59. The SMILES string of the molecule is COCC(CCO)NC(=O)C1CC12CCNCC2. The van der Waals surface area contributed by atoms with Crippen LogP contribution in [0.3, 0.4) is 0 Å². The molecular weight excluding hydrogens is 232 g/mol. The Morgan fingerprint density at radius 2 is 2.28 bits per heavy atom. The lowest BCUT2D eigenvalue weighted by molar-refractivity contribution is -0.124. The lowest BCUT2D eigenvalue weighted by Crippen LogP contribution is -2.41. The predicted octanol–water partition coefficient (Wildman–Crippen LogP) is -0.110. The van der Waals surface area contributed by atoms with Crippen LogP contribution in [0.15, 0.2) is 0 Å². The van der Waals surface area contributed by atoms with Crippen LogP contribution in [0.1, 0.15) is 25.7 Å². The number of carbonyl (C=O) groups excluding carboxylic acids is 1. The van der Waals surface area contributed by atoms with Gasteiger partial charge >= 0.3 is 0 Å². The highest BCUT2D eigenvalue weighted by atomic mass is 16.5. The first-order valence-electron chi connectivity index (χ1n) is 6.83. The average molecular weight is 256 g/mol.